The summed E-state index contributed by atoms with van der Waals surface area (Å²) < 4.78 is 0. The van der Waals surface area contributed by atoms with E-state index >= 15 is 0 Å². The molecule has 0 bridgehead atoms. The molecule has 0 aromatic carbocycles. The number of likely N-dealkylation sites (tertiary alicyclic amines) is 1. The molecular weight excluding hydrogens is 234 g/mol. The van der Waals surface area contributed by atoms with Crippen molar-refractivity contribution in [1.29, 1.82) is 0 Å². The third-order valence-electron chi connectivity index (χ3n) is 5.15. The minimum Gasteiger partial charge on any atom is -0.311 e. The Morgan fingerprint density at radius 2 is 1.63 bits per heavy atom. The minimum atomic E-state index is 0.676. The van der Waals surface area contributed by atoms with Gasteiger partial charge < -0.3 is 10.2 Å². The highest BCUT2D eigenvalue weighted by Gasteiger charge is 2.36. The largest absolute Gasteiger partial charge is 0.311 e. The van der Waals surface area contributed by atoms with Crippen LogP contribution in [0.4, 0.5) is 0 Å². The SMILES string of the molecule is CC(C)C1CN(C2CCN(C)CC2)C(C(C)C)CN1. The molecule has 0 saturated carbocycles. The van der Waals surface area contributed by atoms with E-state index in [0.29, 0.717) is 6.04 Å². The highest BCUT2D eigenvalue weighted by atomic mass is 15.3. The molecular formula is C16H33N3. The van der Waals surface area contributed by atoms with Crippen LogP contribution in [0.3, 0.4) is 0 Å². The standard InChI is InChI=1S/C16H33N3/c1-12(2)15-11-19(16(10-17-15)13(3)4)14-6-8-18(5)9-7-14/h12-17H,6-11H2,1-5H3. The Kier molecular flexibility index (Phi) is 5.27. The zero-order valence-electron chi connectivity index (χ0n) is 13.5. The van der Waals surface area contributed by atoms with E-state index in [4.69, 9.17) is 0 Å². The van der Waals surface area contributed by atoms with Crippen molar-refractivity contribution in [2.24, 2.45) is 11.8 Å². The van der Waals surface area contributed by atoms with E-state index in [1.807, 2.05) is 0 Å². The van der Waals surface area contributed by atoms with Crippen LogP contribution < -0.4 is 5.32 Å². The fourth-order valence-corrected chi connectivity index (χ4v) is 3.63. The quantitative estimate of drug-likeness (QED) is 0.844. The summed E-state index contributed by atoms with van der Waals surface area (Å²) in [6.45, 7) is 14.4. The average Bonchev–Trinajstić information content (AvgIpc) is 2.38. The molecule has 0 aromatic rings. The number of piperidine rings is 1. The first-order valence-electron chi connectivity index (χ1n) is 8.16. The first-order valence-corrected chi connectivity index (χ1v) is 8.16. The van der Waals surface area contributed by atoms with Gasteiger partial charge in [-0.2, -0.15) is 0 Å². The molecule has 2 saturated heterocycles. The summed E-state index contributed by atoms with van der Waals surface area (Å²) in [6.07, 6.45) is 2.70. The molecule has 2 rings (SSSR count). The molecule has 3 heteroatoms. The van der Waals surface area contributed by atoms with Crippen molar-refractivity contribution < 1.29 is 0 Å². The van der Waals surface area contributed by atoms with Crippen molar-refractivity contribution in [3.63, 3.8) is 0 Å². The Morgan fingerprint density at radius 3 is 2.16 bits per heavy atom. The summed E-state index contributed by atoms with van der Waals surface area (Å²) in [5.41, 5.74) is 0. The Hall–Kier alpha value is -0.120. The van der Waals surface area contributed by atoms with Crippen LogP contribution in [-0.4, -0.2) is 61.2 Å². The average molecular weight is 267 g/mol. The lowest BCUT2D eigenvalue weighted by Crippen LogP contribution is -2.63. The molecule has 2 fully saturated rings. The molecule has 2 unspecified atom stereocenters. The van der Waals surface area contributed by atoms with Crippen molar-refractivity contribution in [1.82, 2.24) is 15.1 Å². The van der Waals surface area contributed by atoms with E-state index in [9.17, 15) is 0 Å². The minimum absolute atomic E-state index is 0.676. The lowest BCUT2D eigenvalue weighted by molar-refractivity contribution is 0.0203. The summed E-state index contributed by atoms with van der Waals surface area (Å²) in [5, 5.41) is 3.78. The number of piperazine rings is 1. The van der Waals surface area contributed by atoms with Crippen LogP contribution in [0.1, 0.15) is 40.5 Å². The molecule has 0 amide bonds. The topological polar surface area (TPSA) is 18.5 Å². The number of hydrogen-bond donors (Lipinski definition) is 1. The Labute approximate surface area is 119 Å². The van der Waals surface area contributed by atoms with Crippen LogP contribution in [-0.2, 0) is 0 Å². The number of rotatable bonds is 3. The second-order valence-corrected chi connectivity index (χ2v) is 7.30. The lowest BCUT2D eigenvalue weighted by atomic mass is 9.90. The van der Waals surface area contributed by atoms with Crippen LogP contribution in [0.5, 0.6) is 0 Å². The lowest BCUT2D eigenvalue weighted by Gasteiger charge is -2.49. The van der Waals surface area contributed by atoms with Gasteiger partial charge in [0, 0.05) is 31.2 Å². The second-order valence-electron chi connectivity index (χ2n) is 7.30. The second kappa shape index (κ2) is 6.55. The third kappa shape index (κ3) is 3.71. The predicted octanol–water partition coefficient (Wildman–Crippen LogP) is 2.03. The number of hydrogen-bond acceptors (Lipinski definition) is 3. The molecule has 2 aliphatic rings. The smallest absolute Gasteiger partial charge is 0.0247 e. The zero-order valence-corrected chi connectivity index (χ0v) is 13.5. The van der Waals surface area contributed by atoms with Gasteiger partial charge in [0.25, 0.3) is 0 Å². The molecule has 2 aliphatic heterocycles. The highest BCUT2D eigenvalue weighted by Crippen LogP contribution is 2.25. The van der Waals surface area contributed by atoms with Gasteiger partial charge >= 0.3 is 0 Å². The van der Waals surface area contributed by atoms with Gasteiger partial charge in [0.1, 0.15) is 0 Å². The Morgan fingerprint density at radius 1 is 1.00 bits per heavy atom. The van der Waals surface area contributed by atoms with Gasteiger partial charge in [0.05, 0.1) is 0 Å². The Balaban J connectivity index is 2.02. The van der Waals surface area contributed by atoms with E-state index in [2.05, 4.69) is 49.9 Å². The van der Waals surface area contributed by atoms with E-state index in [1.54, 1.807) is 0 Å². The van der Waals surface area contributed by atoms with Crippen LogP contribution in [0.15, 0.2) is 0 Å². The number of nitrogens with one attached hydrogen (secondary N) is 1. The van der Waals surface area contributed by atoms with E-state index < -0.39 is 0 Å². The molecule has 2 heterocycles. The van der Waals surface area contributed by atoms with Crippen molar-refractivity contribution in [3.8, 4) is 0 Å². The third-order valence-corrected chi connectivity index (χ3v) is 5.15. The molecule has 19 heavy (non-hydrogen) atoms. The highest BCUT2D eigenvalue weighted by molar-refractivity contribution is 4.93. The van der Waals surface area contributed by atoms with Crippen LogP contribution in [0.2, 0.25) is 0 Å². The summed E-state index contributed by atoms with van der Waals surface area (Å²) in [5.74, 6) is 1.49. The fraction of sp³-hybridized carbons (Fsp3) is 1.00. The molecule has 0 aromatic heterocycles. The maximum Gasteiger partial charge on any atom is 0.0247 e. The molecule has 0 spiro atoms. The molecule has 1 N–H and O–H groups in total. The van der Waals surface area contributed by atoms with E-state index in [-0.39, 0.29) is 0 Å². The summed E-state index contributed by atoms with van der Waals surface area (Å²) in [6, 6.07) is 2.21. The normalized spacial score (nSPS) is 32.4. The van der Waals surface area contributed by atoms with E-state index in [0.717, 1.165) is 23.9 Å². The van der Waals surface area contributed by atoms with Crippen LogP contribution in [0.25, 0.3) is 0 Å². The number of nitrogens with zero attached hydrogens (tertiary/aromatic N) is 2. The maximum atomic E-state index is 3.78. The van der Waals surface area contributed by atoms with Crippen LogP contribution in [0, 0.1) is 11.8 Å². The van der Waals surface area contributed by atoms with Gasteiger partial charge in [0.15, 0.2) is 0 Å². The fourth-order valence-electron chi connectivity index (χ4n) is 3.63. The van der Waals surface area contributed by atoms with Gasteiger partial charge in [-0.05, 0) is 44.8 Å². The van der Waals surface area contributed by atoms with Gasteiger partial charge in [-0.1, -0.05) is 27.7 Å². The van der Waals surface area contributed by atoms with Crippen molar-refractivity contribution in [2.45, 2.75) is 58.7 Å². The Bertz CT molecular complexity index is 269. The van der Waals surface area contributed by atoms with Crippen molar-refractivity contribution >= 4 is 0 Å². The van der Waals surface area contributed by atoms with Crippen LogP contribution >= 0.6 is 0 Å². The molecule has 0 radical (unpaired) electrons. The summed E-state index contributed by atoms with van der Waals surface area (Å²) in [4.78, 5) is 5.32. The first-order chi connectivity index (χ1) is 8.99. The maximum absolute atomic E-state index is 3.78. The molecule has 2 atom stereocenters. The van der Waals surface area contributed by atoms with Crippen molar-refractivity contribution in [2.75, 3.05) is 33.2 Å². The van der Waals surface area contributed by atoms with Gasteiger partial charge in [-0.25, -0.2) is 0 Å². The van der Waals surface area contributed by atoms with E-state index in [1.165, 1.54) is 39.0 Å². The van der Waals surface area contributed by atoms with Gasteiger partial charge in [-0.3, -0.25) is 4.90 Å². The van der Waals surface area contributed by atoms with Gasteiger partial charge in [-0.15, -0.1) is 0 Å². The summed E-state index contributed by atoms with van der Waals surface area (Å²) in [7, 11) is 2.25. The predicted molar refractivity (Wildman–Crippen MR) is 82.5 cm³/mol. The first kappa shape index (κ1) is 15.3. The van der Waals surface area contributed by atoms with Gasteiger partial charge in [0.2, 0.25) is 0 Å². The molecule has 3 nitrogen and oxygen atoms in total. The van der Waals surface area contributed by atoms with Crippen molar-refractivity contribution in [3.05, 3.63) is 0 Å². The summed E-state index contributed by atoms with van der Waals surface area (Å²) >= 11 is 0. The monoisotopic (exact) mass is 267 g/mol. The molecule has 112 valence electrons. The molecule has 0 aliphatic carbocycles. The zero-order chi connectivity index (χ0) is 14.0.